The number of unbranched alkanes of at least 4 members (excludes halogenated alkanes) is 1. The Morgan fingerprint density at radius 1 is 0.893 bits per heavy atom. The minimum absolute atomic E-state index is 0.0547. The second-order valence-corrected chi connectivity index (χ2v) is 7.20. The summed E-state index contributed by atoms with van der Waals surface area (Å²) < 4.78 is 5.00. The molecule has 0 amide bonds. The Morgan fingerprint density at radius 3 is 1.79 bits per heavy atom. The fourth-order valence-electron chi connectivity index (χ4n) is 1.82. The van der Waals surface area contributed by atoms with E-state index in [4.69, 9.17) is 9.84 Å². The van der Waals surface area contributed by atoms with Gasteiger partial charge in [0.25, 0.3) is 0 Å². The van der Waals surface area contributed by atoms with Crippen LogP contribution in [0.25, 0.3) is 0 Å². The molecule has 0 bridgehead atoms. The first-order chi connectivity index (χ1) is 13.2. The van der Waals surface area contributed by atoms with E-state index in [1.807, 2.05) is 20.8 Å². The molecule has 0 saturated heterocycles. The summed E-state index contributed by atoms with van der Waals surface area (Å²) in [6, 6.07) is 10.6. The van der Waals surface area contributed by atoms with Crippen molar-refractivity contribution in [1.29, 1.82) is 0 Å². The average molecular weight is 395 g/mol. The fourth-order valence-corrected chi connectivity index (χ4v) is 1.82. The highest BCUT2D eigenvalue weighted by Gasteiger charge is 2.10. The number of esters is 1. The van der Waals surface area contributed by atoms with E-state index in [0.717, 1.165) is 25.7 Å². The van der Waals surface area contributed by atoms with Gasteiger partial charge in [0.1, 0.15) is 0 Å². The summed E-state index contributed by atoms with van der Waals surface area (Å²) in [5.74, 6) is -0.170. The van der Waals surface area contributed by atoms with Gasteiger partial charge in [0.05, 0.1) is 18.4 Å². The lowest BCUT2D eigenvalue weighted by atomic mass is 9.99. The molecule has 0 aliphatic rings. The summed E-state index contributed by atoms with van der Waals surface area (Å²) >= 11 is 0. The van der Waals surface area contributed by atoms with Crippen molar-refractivity contribution in [2.75, 3.05) is 6.61 Å². The Hall–Kier alpha value is -1.84. The van der Waals surface area contributed by atoms with Crippen molar-refractivity contribution in [3.05, 3.63) is 35.9 Å². The van der Waals surface area contributed by atoms with E-state index < -0.39 is 5.97 Å². The monoisotopic (exact) mass is 394 g/mol. The van der Waals surface area contributed by atoms with Crippen LogP contribution >= 0.6 is 0 Å². The number of hydrogen-bond donors (Lipinski definition) is 1. The normalized spacial score (nSPS) is 13.0. The molecule has 162 valence electrons. The van der Waals surface area contributed by atoms with Crippen LogP contribution < -0.4 is 0 Å². The maximum Gasteiger partial charge on any atom is 0.308 e. The third kappa shape index (κ3) is 15.2. The first-order valence-electron chi connectivity index (χ1n) is 10.7. The topological polar surface area (TPSA) is 63.6 Å². The van der Waals surface area contributed by atoms with Gasteiger partial charge in [-0.1, -0.05) is 85.2 Å². The molecule has 4 nitrogen and oxygen atoms in total. The summed E-state index contributed by atoms with van der Waals surface area (Å²) in [5.41, 5.74) is 1.45. The Bertz CT molecular complexity index is 499. The van der Waals surface area contributed by atoms with E-state index in [1.165, 1.54) is 12.0 Å². The summed E-state index contributed by atoms with van der Waals surface area (Å²) in [4.78, 5) is 21.0. The van der Waals surface area contributed by atoms with Crippen molar-refractivity contribution < 1.29 is 19.4 Å². The zero-order chi connectivity index (χ0) is 21.9. The third-order valence-electron chi connectivity index (χ3n) is 4.77. The summed E-state index contributed by atoms with van der Waals surface area (Å²) in [5, 5.41) is 8.18. The molecule has 0 saturated carbocycles. The number of carboxylic acids is 1. The van der Waals surface area contributed by atoms with Crippen LogP contribution in [-0.2, 0) is 14.3 Å². The van der Waals surface area contributed by atoms with Gasteiger partial charge in [0, 0.05) is 0 Å². The van der Waals surface area contributed by atoms with E-state index in [1.54, 1.807) is 6.92 Å². The molecule has 1 rings (SSSR count). The highest BCUT2D eigenvalue weighted by atomic mass is 16.5. The second-order valence-electron chi connectivity index (χ2n) is 7.20. The fraction of sp³-hybridized carbons (Fsp3) is 0.667. The highest BCUT2D eigenvalue weighted by Crippen LogP contribution is 2.16. The highest BCUT2D eigenvalue weighted by molar-refractivity contribution is 5.71. The number of ether oxygens (including phenoxy) is 1. The molecule has 0 heterocycles. The molecule has 0 radical (unpaired) electrons. The van der Waals surface area contributed by atoms with Gasteiger partial charge in [-0.05, 0) is 37.2 Å². The maximum atomic E-state index is 11.0. The minimum atomic E-state index is -0.706. The van der Waals surface area contributed by atoms with Gasteiger partial charge in [0.15, 0.2) is 0 Å². The lowest BCUT2D eigenvalue weighted by Crippen LogP contribution is -2.14. The number of hydrogen-bond acceptors (Lipinski definition) is 3. The van der Waals surface area contributed by atoms with Crippen molar-refractivity contribution in [3.8, 4) is 0 Å². The predicted molar refractivity (Wildman–Crippen MR) is 118 cm³/mol. The number of benzene rings is 1. The van der Waals surface area contributed by atoms with E-state index in [9.17, 15) is 9.59 Å². The Balaban J connectivity index is 0. The van der Waals surface area contributed by atoms with Crippen LogP contribution in [0.1, 0.15) is 92.1 Å². The summed E-state index contributed by atoms with van der Waals surface area (Å²) in [6.45, 7) is 14.6. The Labute approximate surface area is 172 Å². The number of rotatable bonds is 9. The molecule has 0 aliphatic carbocycles. The smallest absolute Gasteiger partial charge is 0.308 e. The van der Waals surface area contributed by atoms with Crippen molar-refractivity contribution in [2.45, 2.75) is 86.5 Å². The van der Waals surface area contributed by atoms with Gasteiger partial charge in [0.2, 0.25) is 0 Å². The van der Waals surface area contributed by atoms with E-state index >= 15 is 0 Å². The van der Waals surface area contributed by atoms with Gasteiger partial charge in [-0.15, -0.1) is 0 Å². The maximum absolute atomic E-state index is 11.0. The van der Waals surface area contributed by atoms with Crippen LogP contribution in [0, 0.1) is 11.8 Å². The first kappa shape index (κ1) is 28.4. The molecule has 1 aromatic carbocycles. The first-order valence-corrected chi connectivity index (χ1v) is 10.7. The summed E-state index contributed by atoms with van der Waals surface area (Å²) in [7, 11) is 0. The van der Waals surface area contributed by atoms with Crippen molar-refractivity contribution in [1.82, 2.24) is 0 Å². The molecule has 0 aromatic heterocycles. The standard InChI is InChI=1S/C10H14.C9H18O2.C5H10O2/c1-3-9(2)10-7-5-4-6-8-10;1-4-6-7-11-9(10)8(3)5-2;1-3-4(2)5(6)7/h4-9H,3H2,1-2H3;8H,4-7H2,1-3H3;4H,3H2,1-2H3,(H,6,7). The molecular formula is C24H42O4. The summed E-state index contributed by atoms with van der Waals surface area (Å²) in [6.07, 6.45) is 4.86. The Morgan fingerprint density at radius 2 is 1.43 bits per heavy atom. The lowest BCUT2D eigenvalue weighted by molar-refractivity contribution is -0.148. The van der Waals surface area contributed by atoms with Gasteiger partial charge in [-0.2, -0.15) is 0 Å². The molecule has 0 fully saturated rings. The zero-order valence-electron chi connectivity index (χ0n) is 19.0. The molecule has 1 N–H and O–H groups in total. The molecule has 3 atom stereocenters. The molecule has 0 spiro atoms. The third-order valence-corrected chi connectivity index (χ3v) is 4.77. The number of aliphatic carboxylic acids is 1. The molecule has 28 heavy (non-hydrogen) atoms. The average Bonchev–Trinajstić information content (AvgIpc) is 2.73. The van der Waals surface area contributed by atoms with Gasteiger partial charge >= 0.3 is 11.9 Å². The molecule has 0 aliphatic heterocycles. The predicted octanol–water partition coefficient (Wildman–Crippen LogP) is 6.69. The van der Waals surface area contributed by atoms with Crippen LogP contribution in [0.2, 0.25) is 0 Å². The quantitative estimate of drug-likeness (QED) is 0.374. The molecule has 4 heteroatoms. The second kappa shape index (κ2) is 18.5. The lowest BCUT2D eigenvalue weighted by Gasteiger charge is -2.07. The Kier molecular flexibility index (Phi) is 18.8. The van der Waals surface area contributed by atoms with Crippen molar-refractivity contribution in [3.63, 3.8) is 0 Å². The van der Waals surface area contributed by atoms with Crippen LogP contribution in [0.5, 0.6) is 0 Å². The van der Waals surface area contributed by atoms with Gasteiger partial charge < -0.3 is 9.84 Å². The van der Waals surface area contributed by atoms with Gasteiger partial charge in [-0.3, -0.25) is 9.59 Å². The largest absolute Gasteiger partial charge is 0.481 e. The SMILES string of the molecule is CCC(C)C(=O)O.CCC(C)c1ccccc1.CCCCOC(=O)C(C)CC. The van der Waals surface area contributed by atoms with Crippen molar-refractivity contribution in [2.24, 2.45) is 11.8 Å². The van der Waals surface area contributed by atoms with Crippen LogP contribution in [0.15, 0.2) is 30.3 Å². The number of carbonyl (C=O) groups excluding carboxylic acids is 1. The molecular weight excluding hydrogens is 352 g/mol. The van der Waals surface area contributed by atoms with Crippen LogP contribution in [-0.4, -0.2) is 23.7 Å². The van der Waals surface area contributed by atoms with Crippen LogP contribution in [0.3, 0.4) is 0 Å². The van der Waals surface area contributed by atoms with Gasteiger partial charge in [-0.25, -0.2) is 0 Å². The van der Waals surface area contributed by atoms with E-state index in [-0.39, 0.29) is 17.8 Å². The molecule has 3 unspecified atom stereocenters. The van der Waals surface area contributed by atoms with Crippen molar-refractivity contribution >= 4 is 11.9 Å². The van der Waals surface area contributed by atoms with E-state index in [0.29, 0.717) is 12.5 Å². The number of carbonyl (C=O) groups is 2. The van der Waals surface area contributed by atoms with Crippen LogP contribution in [0.4, 0.5) is 0 Å². The zero-order valence-corrected chi connectivity index (χ0v) is 19.0. The minimum Gasteiger partial charge on any atom is -0.481 e. The molecule has 1 aromatic rings. The van der Waals surface area contributed by atoms with E-state index in [2.05, 4.69) is 51.1 Å². The number of carboxylic acid groups (broad SMARTS) is 1.